The third-order valence-corrected chi connectivity index (χ3v) is 6.23. The quantitative estimate of drug-likeness (QED) is 0.500. The molecule has 1 atom stereocenters. The number of methoxy groups -OCH3 is 4. The van der Waals surface area contributed by atoms with E-state index in [1.54, 1.807) is 28.4 Å². The van der Waals surface area contributed by atoms with Gasteiger partial charge in [0.25, 0.3) is 5.91 Å². The monoisotopic (exact) mass is 465 g/mol. The van der Waals surface area contributed by atoms with Gasteiger partial charge < -0.3 is 23.8 Å². The molecule has 0 bridgehead atoms. The number of ether oxygens (including phenoxy) is 4. The number of carbonyl (C=O) groups is 1. The molecule has 1 amide bonds. The normalized spacial score (nSPS) is 14.9. The Hall–Kier alpha value is -3.74. The summed E-state index contributed by atoms with van der Waals surface area (Å²) < 4.78 is 35.4. The van der Waals surface area contributed by atoms with Crippen LogP contribution in [0.5, 0.6) is 23.0 Å². The molecule has 0 aliphatic carbocycles. The summed E-state index contributed by atoms with van der Waals surface area (Å²) in [5.74, 6) is 2.00. The van der Waals surface area contributed by atoms with Crippen LogP contribution in [0.15, 0.2) is 54.6 Å². The molecular weight excluding hydrogens is 437 g/mol. The second-order valence-corrected chi connectivity index (χ2v) is 8.07. The SMILES string of the molecule is COc1ccc(C[C@H]2c3cc(OC)c(OC)cc3CCN2C(=O)c2ccc(F)cc2)cc1OC. The van der Waals surface area contributed by atoms with Crippen LogP contribution in [-0.2, 0) is 12.8 Å². The Morgan fingerprint density at radius 1 is 0.853 bits per heavy atom. The maximum absolute atomic E-state index is 13.5. The Labute approximate surface area is 198 Å². The van der Waals surface area contributed by atoms with Crippen molar-refractivity contribution in [2.45, 2.75) is 18.9 Å². The van der Waals surface area contributed by atoms with Crippen LogP contribution in [0.2, 0.25) is 0 Å². The van der Waals surface area contributed by atoms with Gasteiger partial charge in [-0.25, -0.2) is 4.39 Å². The number of halogens is 1. The topological polar surface area (TPSA) is 57.2 Å². The predicted octanol–water partition coefficient (Wildman–Crippen LogP) is 4.84. The van der Waals surface area contributed by atoms with Gasteiger partial charge in [0.05, 0.1) is 34.5 Å². The molecule has 0 aromatic heterocycles. The molecule has 3 aromatic rings. The second-order valence-electron chi connectivity index (χ2n) is 8.07. The van der Waals surface area contributed by atoms with E-state index in [1.807, 2.05) is 35.2 Å². The Morgan fingerprint density at radius 2 is 1.47 bits per heavy atom. The lowest BCUT2D eigenvalue weighted by atomic mass is 9.87. The summed E-state index contributed by atoms with van der Waals surface area (Å²) in [5.41, 5.74) is 3.53. The molecule has 178 valence electrons. The zero-order valence-corrected chi connectivity index (χ0v) is 19.8. The first-order valence-electron chi connectivity index (χ1n) is 11.0. The number of benzene rings is 3. The molecule has 3 aromatic carbocycles. The van der Waals surface area contributed by atoms with Gasteiger partial charge in [-0.2, -0.15) is 0 Å². The summed E-state index contributed by atoms with van der Waals surface area (Å²) in [6.07, 6.45) is 1.22. The van der Waals surface area contributed by atoms with Crippen LogP contribution in [0.25, 0.3) is 0 Å². The Balaban J connectivity index is 1.78. The first-order valence-corrected chi connectivity index (χ1v) is 11.0. The van der Waals surface area contributed by atoms with E-state index < -0.39 is 0 Å². The van der Waals surface area contributed by atoms with E-state index in [0.29, 0.717) is 47.9 Å². The van der Waals surface area contributed by atoms with E-state index in [1.165, 1.54) is 24.3 Å². The van der Waals surface area contributed by atoms with Gasteiger partial charge in [0.2, 0.25) is 0 Å². The lowest BCUT2D eigenvalue weighted by Crippen LogP contribution is -2.41. The molecule has 7 heteroatoms. The summed E-state index contributed by atoms with van der Waals surface area (Å²) in [7, 11) is 6.40. The van der Waals surface area contributed by atoms with Crippen LogP contribution in [0.1, 0.15) is 33.1 Å². The molecule has 0 spiro atoms. The smallest absolute Gasteiger partial charge is 0.254 e. The van der Waals surface area contributed by atoms with Crippen molar-refractivity contribution in [1.82, 2.24) is 4.90 Å². The molecule has 1 aliphatic heterocycles. The van der Waals surface area contributed by atoms with Crippen molar-refractivity contribution < 1.29 is 28.1 Å². The van der Waals surface area contributed by atoms with Crippen LogP contribution in [-0.4, -0.2) is 45.8 Å². The summed E-state index contributed by atoms with van der Waals surface area (Å²) in [4.78, 5) is 15.4. The molecule has 0 N–H and O–H groups in total. The highest BCUT2D eigenvalue weighted by Gasteiger charge is 2.33. The summed E-state index contributed by atoms with van der Waals surface area (Å²) in [6.45, 7) is 0.524. The van der Waals surface area contributed by atoms with Crippen molar-refractivity contribution in [3.63, 3.8) is 0 Å². The zero-order valence-electron chi connectivity index (χ0n) is 19.8. The highest BCUT2D eigenvalue weighted by molar-refractivity contribution is 5.94. The standard InChI is InChI=1S/C27H28FNO5/c1-31-23-10-5-17(14-24(23)32-2)13-22-21-16-26(34-4)25(33-3)15-19(21)11-12-29(22)27(30)18-6-8-20(28)9-7-18/h5-10,14-16,22H,11-13H2,1-4H3/t22-/m0/s1. The van der Waals surface area contributed by atoms with Gasteiger partial charge in [0, 0.05) is 12.1 Å². The molecule has 0 saturated carbocycles. The van der Waals surface area contributed by atoms with E-state index in [2.05, 4.69) is 0 Å². The summed E-state index contributed by atoms with van der Waals surface area (Å²) in [6, 6.07) is 15.1. The molecule has 34 heavy (non-hydrogen) atoms. The lowest BCUT2D eigenvalue weighted by molar-refractivity contribution is 0.0659. The van der Waals surface area contributed by atoms with Gasteiger partial charge >= 0.3 is 0 Å². The van der Waals surface area contributed by atoms with Gasteiger partial charge in [-0.15, -0.1) is 0 Å². The molecule has 4 rings (SSSR count). The van der Waals surface area contributed by atoms with Crippen molar-refractivity contribution in [3.05, 3.63) is 82.7 Å². The van der Waals surface area contributed by atoms with E-state index >= 15 is 0 Å². The van der Waals surface area contributed by atoms with E-state index in [-0.39, 0.29) is 17.8 Å². The third-order valence-electron chi connectivity index (χ3n) is 6.23. The number of carbonyl (C=O) groups excluding carboxylic acids is 1. The minimum atomic E-state index is -0.376. The van der Waals surface area contributed by atoms with E-state index in [0.717, 1.165) is 16.7 Å². The average molecular weight is 466 g/mol. The Kier molecular flexibility index (Phi) is 6.91. The van der Waals surface area contributed by atoms with Crippen LogP contribution in [0, 0.1) is 5.82 Å². The molecule has 1 aliphatic rings. The summed E-state index contributed by atoms with van der Waals surface area (Å²) in [5, 5.41) is 0. The van der Waals surface area contributed by atoms with E-state index in [9.17, 15) is 9.18 Å². The number of hydrogen-bond donors (Lipinski definition) is 0. The first kappa shape index (κ1) is 23.4. The molecule has 6 nitrogen and oxygen atoms in total. The minimum Gasteiger partial charge on any atom is -0.493 e. The zero-order chi connectivity index (χ0) is 24.2. The maximum atomic E-state index is 13.5. The van der Waals surface area contributed by atoms with Crippen molar-refractivity contribution in [2.75, 3.05) is 35.0 Å². The predicted molar refractivity (Wildman–Crippen MR) is 127 cm³/mol. The highest BCUT2D eigenvalue weighted by Crippen LogP contribution is 2.40. The maximum Gasteiger partial charge on any atom is 0.254 e. The van der Waals surface area contributed by atoms with Crippen LogP contribution in [0.4, 0.5) is 4.39 Å². The van der Waals surface area contributed by atoms with Crippen molar-refractivity contribution in [2.24, 2.45) is 0 Å². The van der Waals surface area contributed by atoms with Crippen molar-refractivity contribution in [1.29, 1.82) is 0 Å². The number of hydrogen-bond acceptors (Lipinski definition) is 5. The fraction of sp³-hybridized carbons (Fsp3) is 0.296. The number of rotatable bonds is 7. The number of nitrogens with zero attached hydrogens (tertiary/aromatic N) is 1. The molecule has 0 radical (unpaired) electrons. The second kappa shape index (κ2) is 10.0. The first-order chi connectivity index (χ1) is 16.5. The molecule has 0 fully saturated rings. The Morgan fingerprint density at radius 3 is 2.12 bits per heavy atom. The summed E-state index contributed by atoms with van der Waals surface area (Å²) >= 11 is 0. The minimum absolute atomic E-state index is 0.147. The lowest BCUT2D eigenvalue weighted by Gasteiger charge is -2.38. The van der Waals surface area contributed by atoms with Gasteiger partial charge in [0.1, 0.15) is 5.82 Å². The Bertz CT molecular complexity index is 1180. The van der Waals surface area contributed by atoms with Gasteiger partial charge in [0.15, 0.2) is 23.0 Å². The van der Waals surface area contributed by atoms with Crippen molar-refractivity contribution >= 4 is 5.91 Å². The molecule has 1 heterocycles. The fourth-order valence-electron chi connectivity index (χ4n) is 4.48. The fourth-order valence-corrected chi connectivity index (χ4v) is 4.48. The van der Waals surface area contributed by atoms with Gasteiger partial charge in [-0.3, -0.25) is 4.79 Å². The van der Waals surface area contributed by atoms with Crippen LogP contribution in [0.3, 0.4) is 0 Å². The van der Waals surface area contributed by atoms with Crippen molar-refractivity contribution in [3.8, 4) is 23.0 Å². The van der Waals surface area contributed by atoms with Crippen LogP contribution >= 0.6 is 0 Å². The van der Waals surface area contributed by atoms with Crippen LogP contribution < -0.4 is 18.9 Å². The molecule has 0 unspecified atom stereocenters. The average Bonchev–Trinajstić information content (AvgIpc) is 2.87. The third kappa shape index (κ3) is 4.51. The largest absolute Gasteiger partial charge is 0.493 e. The molecule has 0 saturated heterocycles. The number of amides is 1. The van der Waals surface area contributed by atoms with Gasteiger partial charge in [-0.1, -0.05) is 6.07 Å². The van der Waals surface area contributed by atoms with Gasteiger partial charge in [-0.05, 0) is 78.1 Å². The molecular formula is C27H28FNO5. The van der Waals surface area contributed by atoms with E-state index in [4.69, 9.17) is 18.9 Å². The highest BCUT2D eigenvalue weighted by atomic mass is 19.1. The number of fused-ring (bicyclic) bond motifs is 1.